The Kier molecular flexibility index (Phi) is 7.30. The van der Waals surface area contributed by atoms with Crippen molar-refractivity contribution in [2.24, 2.45) is 10.9 Å². The average molecular weight is 304 g/mol. The molecule has 0 spiro atoms. The van der Waals surface area contributed by atoms with Gasteiger partial charge in [-0.25, -0.2) is 4.79 Å². The van der Waals surface area contributed by atoms with Crippen molar-refractivity contribution >= 4 is 23.4 Å². The predicted molar refractivity (Wildman–Crippen MR) is 82.6 cm³/mol. The van der Waals surface area contributed by atoms with E-state index in [1.54, 1.807) is 4.90 Å². The van der Waals surface area contributed by atoms with Gasteiger partial charge in [0, 0.05) is 19.6 Å². The van der Waals surface area contributed by atoms with Gasteiger partial charge < -0.3 is 15.0 Å². The van der Waals surface area contributed by atoms with Gasteiger partial charge in [0.05, 0.1) is 12.2 Å². The first-order valence-corrected chi connectivity index (χ1v) is 7.63. The molecule has 0 unspecified atom stereocenters. The van der Waals surface area contributed by atoms with Crippen molar-refractivity contribution in [3.05, 3.63) is 0 Å². The van der Waals surface area contributed by atoms with Gasteiger partial charge in [0.1, 0.15) is 5.60 Å². The van der Waals surface area contributed by atoms with Gasteiger partial charge in [0.2, 0.25) is 0 Å². The highest BCUT2D eigenvalue weighted by molar-refractivity contribution is 6.56. The summed E-state index contributed by atoms with van der Waals surface area (Å²) in [5, 5.41) is 3.37. The Bertz CT molecular complexity index is 321. The molecule has 0 saturated carbocycles. The number of amides is 1. The number of carbonyl (C=O) groups excluding carboxylic acids is 1. The van der Waals surface area contributed by atoms with E-state index in [0.29, 0.717) is 12.5 Å². The summed E-state index contributed by atoms with van der Waals surface area (Å²) in [6.45, 7) is 9.76. The van der Waals surface area contributed by atoms with Crippen LogP contribution in [0.5, 0.6) is 0 Å². The highest BCUT2D eigenvalue weighted by Crippen LogP contribution is 2.19. The highest BCUT2D eigenvalue weighted by atomic mass is 35.5. The van der Waals surface area contributed by atoms with E-state index in [1.807, 2.05) is 20.8 Å². The minimum absolute atomic E-state index is 0.194. The van der Waals surface area contributed by atoms with Crippen LogP contribution in [0.3, 0.4) is 0 Å². The van der Waals surface area contributed by atoms with Gasteiger partial charge in [0.25, 0.3) is 0 Å². The van der Waals surface area contributed by atoms with E-state index < -0.39 is 5.60 Å². The van der Waals surface area contributed by atoms with E-state index in [2.05, 4.69) is 10.3 Å². The SMILES string of the molecule is CC(C)(C)OC(=O)N1CCC(CNCC/N=C/Cl)CC1. The van der Waals surface area contributed by atoms with Gasteiger partial charge in [-0.2, -0.15) is 0 Å². The zero-order valence-corrected chi connectivity index (χ0v) is 13.4. The minimum Gasteiger partial charge on any atom is -0.444 e. The lowest BCUT2D eigenvalue weighted by Gasteiger charge is -2.33. The lowest BCUT2D eigenvalue weighted by molar-refractivity contribution is 0.0184. The fourth-order valence-corrected chi connectivity index (χ4v) is 2.24. The largest absolute Gasteiger partial charge is 0.444 e. The molecule has 0 bridgehead atoms. The molecular weight excluding hydrogens is 278 g/mol. The predicted octanol–water partition coefficient (Wildman–Crippen LogP) is 2.49. The Morgan fingerprint density at radius 1 is 1.45 bits per heavy atom. The normalized spacial score (nSPS) is 17.7. The van der Waals surface area contributed by atoms with Crippen LogP contribution in [-0.4, -0.2) is 55.0 Å². The molecule has 0 radical (unpaired) electrons. The molecule has 1 heterocycles. The zero-order chi connectivity index (χ0) is 15.0. The number of aliphatic imine (C=N–C) groups is 1. The van der Waals surface area contributed by atoms with Crippen LogP contribution in [0, 0.1) is 5.92 Å². The van der Waals surface area contributed by atoms with Gasteiger partial charge in [0.15, 0.2) is 0 Å². The molecule has 1 saturated heterocycles. The summed E-state index contributed by atoms with van der Waals surface area (Å²) < 4.78 is 5.38. The Balaban J connectivity index is 2.18. The van der Waals surface area contributed by atoms with Gasteiger partial charge >= 0.3 is 6.09 Å². The first kappa shape index (κ1) is 17.2. The lowest BCUT2D eigenvalue weighted by Crippen LogP contribution is -2.43. The molecule has 5 nitrogen and oxygen atoms in total. The number of hydrogen-bond acceptors (Lipinski definition) is 4. The molecule has 0 aliphatic carbocycles. The second kappa shape index (κ2) is 8.47. The van der Waals surface area contributed by atoms with Crippen molar-refractivity contribution in [1.29, 1.82) is 0 Å². The number of rotatable bonds is 5. The maximum absolute atomic E-state index is 11.9. The van der Waals surface area contributed by atoms with E-state index in [0.717, 1.165) is 39.0 Å². The third kappa shape index (κ3) is 7.10. The summed E-state index contributed by atoms with van der Waals surface area (Å²) in [5.74, 6) is 0.619. The van der Waals surface area contributed by atoms with Gasteiger partial charge in [-0.3, -0.25) is 4.99 Å². The smallest absolute Gasteiger partial charge is 0.410 e. The zero-order valence-electron chi connectivity index (χ0n) is 12.7. The molecule has 6 heteroatoms. The van der Waals surface area contributed by atoms with Crippen LogP contribution in [0.4, 0.5) is 4.79 Å². The molecule has 1 rings (SSSR count). The maximum atomic E-state index is 11.9. The Hall–Kier alpha value is -0.810. The third-order valence-corrected chi connectivity index (χ3v) is 3.32. The Morgan fingerprint density at radius 3 is 2.65 bits per heavy atom. The fraction of sp³-hybridized carbons (Fsp3) is 0.857. The van der Waals surface area contributed by atoms with Crippen LogP contribution in [0.25, 0.3) is 0 Å². The first-order valence-electron chi connectivity index (χ1n) is 7.19. The molecule has 0 atom stereocenters. The summed E-state index contributed by atoms with van der Waals surface area (Å²) in [5.41, 5.74) is 0.888. The molecular formula is C14H26ClN3O2. The number of nitrogens with one attached hydrogen (secondary N) is 1. The Morgan fingerprint density at radius 2 is 2.10 bits per heavy atom. The molecule has 1 fully saturated rings. The summed E-state index contributed by atoms with van der Waals surface area (Å²) in [7, 11) is 0. The average Bonchev–Trinajstić information content (AvgIpc) is 2.37. The van der Waals surface area contributed by atoms with Crippen molar-refractivity contribution in [3.63, 3.8) is 0 Å². The number of halogens is 1. The van der Waals surface area contributed by atoms with E-state index in [1.165, 1.54) is 5.67 Å². The van der Waals surface area contributed by atoms with E-state index >= 15 is 0 Å². The van der Waals surface area contributed by atoms with Crippen LogP contribution >= 0.6 is 11.6 Å². The molecule has 1 aliphatic rings. The number of hydrogen-bond donors (Lipinski definition) is 1. The topological polar surface area (TPSA) is 53.9 Å². The van der Waals surface area contributed by atoms with Crippen molar-refractivity contribution in [3.8, 4) is 0 Å². The van der Waals surface area contributed by atoms with Crippen molar-refractivity contribution in [2.45, 2.75) is 39.2 Å². The molecule has 1 N–H and O–H groups in total. The molecule has 116 valence electrons. The number of carbonyl (C=O) groups is 1. The number of ether oxygens (including phenoxy) is 1. The van der Waals surface area contributed by atoms with Crippen molar-refractivity contribution in [2.75, 3.05) is 32.7 Å². The monoisotopic (exact) mass is 303 g/mol. The number of likely N-dealkylation sites (tertiary alicyclic amines) is 1. The maximum Gasteiger partial charge on any atom is 0.410 e. The summed E-state index contributed by atoms with van der Waals surface area (Å²) in [4.78, 5) is 17.6. The van der Waals surface area contributed by atoms with Crippen LogP contribution < -0.4 is 5.32 Å². The van der Waals surface area contributed by atoms with E-state index in [9.17, 15) is 4.79 Å². The lowest BCUT2D eigenvalue weighted by atomic mass is 9.97. The number of piperidine rings is 1. The number of nitrogens with zero attached hydrogens (tertiary/aromatic N) is 2. The Labute approximate surface area is 126 Å². The van der Waals surface area contributed by atoms with E-state index in [4.69, 9.17) is 16.3 Å². The van der Waals surface area contributed by atoms with E-state index in [-0.39, 0.29) is 6.09 Å². The summed E-state index contributed by atoms with van der Waals surface area (Å²) in [6, 6.07) is 0. The summed E-state index contributed by atoms with van der Waals surface area (Å²) in [6.07, 6.45) is 1.84. The second-order valence-corrected chi connectivity index (χ2v) is 6.31. The highest BCUT2D eigenvalue weighted by Gasteiger charge is 2.26. The van der Waals surface area contributed by atoms with Gasteiger partial charge in [-0.05, 0) is 46.1 Å². The summed E-state index contributed by atoms with van der Waals surface area (Å²) >= 11 is 5.35. The third-order valence-electron chi connectivity index (χ3n) is 3.19. The molecule has 1 aliphatic heterocycles. The fourth-order valence-electron chi connectivity index (χ4n) is 2.14. The van der Waals surface area contributed by atoms with Crippen LogP contribution in [-0.2, 0) is 4.74 Å². The van der Waals surface area contributed by atoms with Crippen molar-refractivity contribution < 1.29 is 9.53 Å². The molecule has 0 aromatic carbocycles. The van der Waals surface area contributed by atoms with Crippen LogP contribution in [0.15, 0.2) is 4.99 Å². The van der Waals surface area contributed by atoms with Crippen molar-refractivity contribution in [1.82, 2.24) is 10.2 Å². The minimum atomic E-state index is -0.418. The molecule has 0 aromatic rings. The molecule has 1 amide bonds. The first-order chi connectivity index (χ1) is 9.42. The molecule has 20 heavy (non-hydrogen) atoms. The quantitative estimate of drug-likeness (QED) is 0.627. The van der Waals surface area contributed by atoms with Gasteiger partial charge in [-0.15, -0.1) is 0 Å². The van der Waals surface area contributed by atoms with Gasteiger partial charge in [-0.1, -0.05) is 11.6 Å². The second-order valence-electron chi connectivity index (χ2n) is 6.12. The standard InChI is InChI=1S/C14H26ClN3O2/c1-14(2,3)20-13(19)18-8-4-12(5-9-18)10-16-6-7-17-11-15/h11-12,16H,4-10H2,1-3H3/b17-11+. The van der Waals surface area contributed by atoms with Crippen LogP contribution in [0.1, 0.15) is 33.6 Å². The molecule has 0 aromatic heterocycles. The van der Waals surface area contributed by atoms with Crippen LogP contribution in [0.2, 0.25) is 0 Å².